The minimum Gasteiger partial charge on any atom is -0.381 e. The van der Waals surface area contributed by atoms with Gasteiger partial charge >= 0.3 is 0 Å². The summed E-state index contributed by atoms with van der Waals surface area (Å²) in [5, 5.41) is 7.42. The summed E-state index contributed by atoms with van der Waals surface area (Å²) in [5.41, 5.74) is 0. The fourth-order valence-corrected chi connectivity index (χ4v) is 2.27. The van der Waals surface area contributed by atoms with Crippen molar-refractivity contribution < 1.29 is 9.26 Å². The Morgan fingerprint density at radius 1 is 1.50 bits per heavy atom. The van der Waals surface area contributed by atoms with Crippen LogP contribution in [0.4, 0.5) is 0 Å². The number of hydrogen-bond donors (Lipinski definition) is 1. The van der Waals surface area contributed by atoms with Gasteiger partial charge in [-0.1, -0.05) is 12.1 Å². The van der Waals surface area contributed by atoms with Crippen molar-refractivity contribution in [2.45, 2.75) is 45.6 Å². The zero-order valence-corrected chi connectivity index (χ0v) is 11.3. The maximum Gasteiger partial charge on any atom is 0.226 e. The first kappa shape index (κ1) is 13.5. The number of rotatable bonds is 7. The number of nitrogens with one attached hydrogen (secondary N) is 1. The second kappa shape index (κ2) is 6.85. The van der Waals surface area contributed by atoms with Gasteiger partial charge in [0.15, 0.2) is 5.82 Å². The average Bonchev–Trinajstić information content (AvgIpc) is 2.99. The largest absolute Gasteiger partial charge is 0.381 e. The lowest BCUT2D eigenvalue weighted by Crippen LogP contribution is -2.25. The van der Waals surface area contributed by atoms with Crippen LogP contribution in [0.5, 0.6) is 0 Å². The molecular formula is C13H23N3O2. The minimum atomic E-state index is 0.494. The molecule has 1 aromatic rings. The van der Waals surface area contributed by atoms with E-state index in [1.54, 1.807) is 0 Å². The Morgan fingerprint density at radius 2 is 2.39 bits per heavy atom. The molecule has 0 amide bonds. The molecule has 102 valence electrons. The van der Waals surface area contributed by atoms with Crippen LogP contribution < -0.4 is 5.32 Å². The Kier molecular flexibility index (Phi) is 5.13. The molecule has 1 aromatic heterocycles. The molecule has 2 heterocycles. The van der Waals surface area contributed by atoms with Crippen LogP contribution in [0.15, 0.2) is 4.52 Å². The smallest absolute Gasteiger partial charge is 0.226 e. The van der Waals surface area contributed by atoms with E-state index in [2.05, 4.69) is 29.3 Å². The highest BCUT2D eigenvalue weighted by atomic mass is 16.5. The lowest BCUT2D eigenvalue weighted by atomic mass is 10.1. The van der Waals surface area contributed by atoms with E-state index in [0.717, 1.165) is 57.2 Å². The number of hydrogen-bond acceptors (Lipinski definition) is 5. The van der Waals surface area contributed by atoms with Crippen molar-refractivity contribution >= 4 is 0 Å². The molecular weight excluding hydrogens is 230 g/mol. The second-order valence-electron chi connectivity index (χ2n) is 5.04. The number of aryl methyl sites for hydroxylation is 1. The highest BCUT2D eigenvalue weighted by Gasteiger charge is 2.19. The molecule has 0 radical (unpaired) electrons. The summed E-state index contributed by atoms with van der Waals surface area (Å²) in [5.74, 6) is 2.15. The highest BCUT2D eigenvalue weighted by molar-refractivity contribution is 4.90. The van der Waals surface area contributed by atoms with Gasteiger partial charge in [-0.2, -0.15) is 4.98 Å². The van der Waals surface area contributed by atoms with Crippen molar-refractivity contribution in [3.05, 3.63) is 11.7 Å². The first-order valence-electron chi connectivity index (χ1n) is 6.90. The number of ether oxygens (including phenoxy) is 1. The molecule has 0 bridgehead atoms. The molecule has 0 aromatic carbocycles. The molecule has 2 unspecified atom stereocenters. The molecule has 0 aliphatic carbocycles. The van der Waals surface area contributed by atoms with E-state index in [0.29, 0.717) is 12.0 Å². The molecule has 1 saturated heterocycles. The van der Waals surface area contributed by atoms with Crippen LogP contribution in [0.2, 0.25) is 0 Å². The summed E-state index contributed by atoms with van der Waals surface area (Å²) >= 11 is 0. The van der Waals surface area contributed by atoms with Crippen LogP contribution in [0.3, 0.4) is 0 Å². The summed E-state index contributed by atoms with van der Waals surface area (Å²) in [6, 6.07) is 0.494. The van der Waals surface area contributed by atoms with E-state index in [9.17, 15) is 0 Å². The average molecular weight is 253 g/mol. The van der Waals surface area contributed by atoms with E-state index in [4.69, 9.17) is 9.26 Å². The summed E-state index contributed by atoms with van der Waals surface area (Å²) in [7, 11) is 0. The van der Waals surface area contributed by atoms with Crippen LogP contribution in [-0.4, -0.2) is 35.9 Å². The van der Waals surface area contributed by atoms with Gasteiger partial charge in [0.25, 0.3) is 0 Å². The fraction of sp³-hybridized carbons (Fsp3) is 0.846. The first-order chi connectivity index (χ1) is 8.78. The van der Waals surface area contributed by atoms with Crippen molar-refractivity contribution in [1.82, 2.24) is 15.5 Å². The van der Waals surface area contributed by atoms with Crippen LogP contribution >= 0.6 is 0 Å². The van der Waals surface area contributed by atoms with Gasteiger partial charge < -0.3 is 14.6 Å². The van der Waals surface area contributed by atoms with Gasteiger partial charge in [-0.25, -0.2) is 0 Å². The quantitative estimate of drug-likeness (QED) is 0.799. The topological polar surface area (TPSA) is 60.2 Å². The molecule has 18 heavy (non-hydrogen) atoms. The van der Waals surface area contributed by atoms with E-state index in [-0.39, 0.29) is 0 Å². The molecule has 5 nitrogen and oxygen atoms in total. The summed E-state index contributed by atoms with van der Waals surface area (Å²) in [4.78, 5) is 4.44. The molecule has 1 aliphatic heterocycles. The normalized spacial score (nSPS) is 21.3. The molecule has 0 spiro atoms. The van der Waals surface area contributed by atoms with Gasteiger partial charge in [-0.05, 0) is 32.2 Å². The van der Waals surface area contributed by atoms with E-state index in [1.165, 1.54) is 0 Å². The van der Waals surface area contributed by atoms with E-state index in [1.807, 2.05) is 0 Å². The third-order valence-corrected chi connectivity index (χ3v) is 3.35. The second-order valence-corrected chi connectivity index (χ2v) is 5.04. The number of aromatic nitrogens is 2. The van der Waals surface area contributed by atoms with E-state index >= 15 is 0 Å². The van der Waals surface area contributed by atoms with Crippen molar-refractivity contribution in [1.29, 1.82) is 0 Å². The Bertz CT molecular complexity index is 348. The van der Waals surface area contributed by atoms with Crippen LogP contribution in [0, 0.1) is 5.92 Å². The summed E-state index contributed by atoms with van der Waals surface area (Å²) in [6.45, 7) is 7.00. The maximum atomic E-state index is 5.35. The zero-order valence-electron chi connectivity index (χ0n) is 11.3. The minimum absolute atomic E-state index is 0.494. The zero-order chi connectivity index (χ0) is 12.8. The van der Waals surface area contributed by atoms with Crippen molar-refractivity contribution in [3.8, 4) is 0 Å². The monoisotopic (exact) mass is 253 g/mol. The van der Waals surface area contributed by atoms with Crippen molar-refractivity contribution in [2.75, 3.05) is 19.8 Å². The first-order valence-corrected chi connectivity index (χ1v) is 6.90. The summed E-state index contributed by atoms with van der Waals surface area (Å²) in [6.07, 6.45) is 3.87. The Labute approximate surface area is 108 Å². The van der Waals surface area contributed by atoms with Crippen molar-refractivity contribution in [3.63, 3.8) is 0 Å². The molecule has 1 N–H and O–H groups in total. The molecule has 2 rings (SSSR count). The van der Waals surface area contributed by atoms with E-state index < -0.39 is 0 Å². The third kappa shape index (κ3) is 4.07. The highest BCUT2D eigenvalue weighted by Crippen LogP contribution is 2.16. The predicted molar refractivity (Wildman–Crippen MR) is 68.4 cm³/mol. The van der Waals surface area contributed by atoms with Crippen molar-refractivity contribution in [2.24, 2.45) is 5.92 Å². The molecule has 0 saturated carbocycles. The molecule has 5 heteroatoms. The maximum absolute atomic E-state index is 5.35. The SMILES string of the molecule is CCNC(C)CCc1nc(CC2CCOC2)no1. The van der Waals surface area contributed by atoms with Gasteiger partial charge in [-0.3, -0.25) is 0 Å². The Morgan fingerprint density at radius 3 is 3.11 bits per heavy atom. The lowest BCUT2D eigenvalue weighted by molar-refractivity contribution is 0.185. The Hall–Kier alpha value is -0.940. The fourth-order valence-electron chi connectivity index (χ4n) is 2.27. The van der Waals surface area contributed by atoms with Crippen LogP contribution in [0.1, 0.15) is 38.4 Å². The van der Waals surface area contributed by atoms with Gasteiger partial charge in [-0.15, -0.1) is 0 Å². The molecule has 1 aliphatic rings. The Balaban J connectivity index is 1.75. The summed E-state index contributed by atoms with van der Waals surface area (Å²) < 4.78 is 10.6. The van der Waals surface area contributed by atoms with Gasteiger partial charge in [0, 0.05) is 32.1 Å². The predicted octanol–water partition coefficient (Wildman–Crippen LogP) is 1.58. The third-order valence-electron chi connectivity index (χ3n) is 3.35. The lowest BCUT2D eigenvalue weighted by Gasteiger charge is -2.09. The molecule has 2 atom stereocenters. The van der Waals surface area contributed by atoms with Crippen LogP contribution in [-0.2, 0) is 17.6 Å². The van der Waals surface area contributed by atoms with Crippen LogP contribution in [0.25, 0.3) is 0 Å². The number of nitrogens with zero attached hydrogens (tertiary/aromatic N) is 2. The van der Waals surface area contributed by atoms with Gasteiger partial charge in [0.1, 0.15) is 0 Å². The van der Waals surface area contributed by atoms with Gasteiger partial charge in [0.2, 0.25) is 5.89 Å². The van der Waals surface area contributed by atoms with Gasteiger partial charge in [0.05, 0.1) is 0 Å². The molecule has 1 fully saturated rings. The standard InChI is InChI=1S/C13H23N3O2/c1-3-14-10(2)4-5-13-15-12(16-18-13)8-11-6-7-17-9-11/h10-11,14H,3-9H2,1-2H3.